The second-order valence-corrected chi connectivity index (χ2v) is 4.09. The van der Waals surface area contributed by atoms with Crippen LogP contribution < -0.4 is 5.32 Å². The Morgan fingerprint density at radius 1 is 1.44 bits per heavy atom. The number of aryl methyl sites for hydroxylation is 2. The van der Waals surface area contributed by atoms with E-state index in [-0.39, 0.29) is 5.91 Å². The van der Waals surface area contributed by atoms with Crippen LogP contribution >= 0.6 is 0 Å². The summed E-state index contributed by atoms with van der Waals surface area (Å²) in [6.45, 7) is 5.16. The lowest BCUT2D eigenvalue weighted by Gasteiger charge is -2.06. The van der Waals surface area contributed by atoms with E-state index in [9.17, 15) is 4.79 Å². The van der Waals surface area contributed by atoms with Crippen LogP contribution in [0.5, 0.6) is 0 Å². The third-order valence-electron chi connectivity index (χ3n) is 3.01. The molecule has 6 nitrogen and oxygen atoms in total. The molecule has 0 aliphatic heterocycles. The van der Waals surface area contributed by atoms with Crippen LogP contribution in [-0.2, 0) is 20.1 Å². The molecule has 2 heterocycles. The fourth-order valence-electron chi connectivity index (χ4n) is 1.78. The highest BCUT2D eigenvalue weighted by molar-refractivity contribution is 5.94. The predicted octanol–water partition coefficient (Wildman–Crippen LogP) is 0.875. The molecule has 0 radical (unpaired) electrons. The minimum Gasteiger partial charge on any atom is -0.346 e. The second kappa shape index (κ2) is 5.03. The van der Waals surface area contributed by atoms with Gasteiger partial charge in [0, 0.05) is 25.5 Å². The van der Waals surface area contributed by atoms with Gasteiger partial charge in [0.05, 0.1) is 24.0 Å². The van der Waals surface area contributed by atoms with Gasteiger partial charge in [0.2, 0.25) is 0 Å². The van der Waals surface area contributed by atoms with Gasteiger partial charge in [0.15, 0.2) is 0 Å². The van der Waals surface area contributed by atoms with Crippen LogP contribution in [0.3, 0.4) is 0 Å². The summed E-state index contributed by atoms with van der Waals surface area (Å²) in [5.41, 5.74) is 2.46. The summed E-state index contributed by atoms with van der Waals surface area (Å²) in [7, 11) is 1.82. The first-order valence-corrected chi connectivity index (χ1v) is 5.91. The number of hydrogen-bond donors (Lipinski definition) is 1. The molecule has 0 unspecified atom stereocenters. The van der Waals surface area contributed by atoms with Crippen LogP contribution in [-0.4, -0.2) is 25.5 Å². The Kier molecular flexibility index (Phi) is 3.45. The Balaban J connectivity index is 2.03. The van der Waals surface area contributed by atoms with Gasteiger partial charge in [0.25, 0.3) is 5.91 Å². The predicted molar refractivity (Wildman–Crippen MR) is 67.0 cm³/mol. The van der Waals surface area contributed by atoms with Crippen LogP contribution in [0.1, 0.15) is 28.7 Å². The Labute approximate surface area is 106 Å². The highest BCUT2D eigenvalue weighted by Gasteiger charge is 2.12. The van der Waals surface area contributed by atoms with E-state index >= 15 is 0 Å². The van der Waals surface area contributed by atoms with Crippen molar-refractivity contribution in [3.63, 3.8) is 0 Å². The zero-order chi connectivity index (χ0) is 13.1. The first kappa shape index (κ1) is 12.3. The number of nitrogens with one attached hydrogen (secondary N) is 1. The Morgan fingerprint density at radius 3 is 2.83 bits per heavy atom. The lowest BCUT2D eigenvalue weighted by molar-refractivity contribution is 0.0949. The fourth-order valence-corrected chi connectivity index (χ4v) is 1.78. The average molecular weight is 247 g/mol. The molecule has 0 saturated heterocycles. The number of amides is 1. The van der Waals surface area contributed by atoms with E-state index in [1.165, 1.54) is 0 Å². The molecular weight excluding hydrogens is 230 g/mol. The van der Waals surface area contributed by atoms with E-state index in [1.54, 1.807) is 17.1 Å². The standard InChI is InChI=1S/C12H17N5O/c1-4-17-10(5-6-14-17)7-13-12(18)11-8-15-16(3)9(11)2/h5-6,8H,4,7H2,1-3H3,(H,13,18). The summed E-state index contributed by atoms with van der Waals surface area (Å²) in [4.78, 5) is 12.0. The number of aromatic nitrogens is 4. The highest BCUT2D eigenvalue weighted by atomic mass is 16.1. The third kappa shape index (κ3) is 2.27. The van der Waals surface area contributed by atoms with Crippen molar-refractivity contribution in [2.24, 2.45) is 7.05 Å². The highest BCUT2D eigenvalue weighted by Crippen LogP contribution is 2.06. The average Bonchev–Trinajstić information content (AvgIpc) is 2.94. The third-order valence-corrected chi connectivity index (χ3v) is 3.01. The summed E-state index contributed by atoms with van der Waals surface area (Å²) in [5, 5.41) is 11.1. The molecule has 0 fully saturated rings. The Hall–Kier alpha value is -2.11. The second-order valence-electron chi connectivity index (χ2n) is 4.09. The van der Waals surface area contributed by atoms with Crippen molar-refractivity contribution in [2.45, 2.75) is 26.9 Å². The molecule has 96 valence electrons. The molecule has 0 bridgehead atoms. The van der Waals surface area contributed by atoms with Gasteiger partial charge in [-0.15, -0.1) is 0 Å². The van der Waals surface area contributed by atoms with E-state index in [0.29, 0.717) is 12.1 Å². The molecule has 2 aromatic heterocycles. The first-order chi connectivity index (χ1) is 8.63. The summed E-state index contributed by atoms with van der Waals surface area (Å²) in [5.74, 6) is -0.107. The summed E-state index contributed by atoms with van der Waals surface area (Å²) < 4.78 is 3.54. The minimum atomic E-state index is -0.107. The van der Waals surface area contributed by atoms with Crippen molar-refractivity contribution < 1.29 is 4.79 Å². The Morgan fingerprint density at radius 2 is 2.22 bits per heavy atom. The molecule has 2 aromatic rings. The molecule has 0 aromatic carbocycles. The number of rotatable bonds is 4. The van der Waals surface area contributed by atoms with Gasteiger partial charge in [0.1, 0.15) is 0 Å². The van der Waals surface area contributed by atoms with E-state index in [1.807, 2.05) is 31.6 Å². The fraction of sp³-hybridized carbons (Fsp3) is 0.417. The molecule has 1 amide bonds. The Bertz CT molecular complexity index is 555. The summed E-state index contributed by atoms with van der Waals surface area (Å²) in [6.07, 6.45) is 3.32. The number of nitrogens with zero attached hydrogens (tertiary/aromatic N) is 4. The van der Waals surface area contributed by atoms with Crippen LogP contribution in [0.25, 0.3) is 0 Å². The van der Waals surface area contributed by atoms with Crippen molar-refractivity contribution in [1.29, 1.82) is 0 Å². The van der Waals surface area contributed by atoms with Gasteiger partial charge in [-0.1, -0.05) is 0 Å². The SMILES string of the molecule is CCn1nccc1CNC(=O)c1cnn(C)c1C. The number of carbonyl (C=O) groups is 1. The molecule has 0 aliphatic rings. The van der Waals surface area contributed by atoms with Crippen molar-refractivity contribution >= 4 is 5.91 Å². The summed E-state index contributed by atoms with van der Waals surface area (Å²) in [6, 6.07) is 1.90. The lowest BCUT2D eigenvalue weighted by Crippen LogP contribution is -2.24. The van der Waals surface area contributed by atoms with E-state index in [4.69, 9.17) is 0 Å². The maximum atomic E-state index is 12.0. The first-order valence-electron chi connectivity index (χ1n) is 5.91. The topological polar surface area (TPSA) is 64.7 Å². The summed E-state index contributed by atoms with van der Waals surface area (Å²) >= 11 is 0. The van der Waals surface area contributed by atoms with Crippen LogP contribution in [0.2, 0.25) is 0 Å². The van der Waals surface area contributed by atoms with Gasteiger partial charge in [-0.25, -0.2) is 0 Å². The lowest BCUT2D eigenvalue weighted by atomic mass is 10.2. The zero-order valence-corrected chi connectivity index (χ0v) is 10.8. The van der Waals surface area contributed by atoms with E-state index < -0.39 is 0 Å². The van der Waals surface area contributed by atoms with Gasteiger partial charge in [-0.05, 0) is 19.9 Å². The maximum absolute atomic E-state index is 12.0. The van der Waals surface area contributed by atoms with Crippen LogP contribution in [0.15, 0.2) is 18.5 Å². The smallest absolute Gasteiger partial charge is 0.255 e. The molecule has 6 heteroatoms. The minimum absolute atomic E-state index is 0.107. The molecule has 0 atom stereocenters. The van der Waals surface area contributed by atoms with Crippen LogP contribution in [0, 0.1) is 6.92 Å². The quantitative estimate of drug-likeness (QED) is 0.872. The maximum Gasteiger partial charge on any atom is 0.255 e. The van der Waals surface area contributed by atoms with Crippen molar-refractivity contribution in [3.8, 4) is 0 Å². The van der Waals surface area contributed by atoms with Crippen molar-refractivity contribution in [1.82, 2.24) is 24.9 Å². The molecule has 0 spiro atoms. The monoisotopic (exact) mass is 247 g/mol. The molecule has 2 rings (SSSR count). The van der Waals surface area contributed by atoms with E-state index in [0.717, 1.165) is 17.9 Å². The largest absolute Gasteiger partial charge is 0.346 e. The van der Waals surface area contributed by atoms with Crippen LogP contribution in [0.4, 0.5) is 0 Å². The van der Waals surface area contributed by atoms with E-state index in [2.05, 4.69) is 15.5 Å². The van der Waals surface area contributed by atoms with Gasteiger partial charge >= 0.3 is 0 Å². The normalized spacial score (nSPS) is 10.6. The van der Waals surface area contributed by atoms with Crippen molar-refractivity contribution in [2.75, 3.05) is 0 Å². The zero-order valence-electron chi connectivity index (χ0n) is 10.8. The number of hydrogen-bond acceptors (Lipinski definition) is 3. The molecular formula is C12H17N5O. The number of carbonyl (C=O) groups excluding carboxylic acids is 1. The molecule has 0 saturated carbocycles. The molecule has 18 heavy (non-hydrogen) atoms. The van der Waals surface area contributed by atoms with Crippen molar-refractivity contribution in [3.05, 3.63) is 35.4 Å². The van der Waals surface area contributed by atoms with Gasteiger partial charge < -0.3 is 5.32 Å². The van der Waals surface area contributed by atoms with Gasteiger partial charge in [-0.3, -0.25) is 14.2 Å². The van der Waals surface area contributed by atoms with Gasteiger partial charge in [-0.2, -0.15) is 10.2 Å². The molecule has 1 N–H and O–H groups in total. The molecule has 0 aliphatic carbocycles.